The second-order valence-electron chi connectivity index (χ2n) is 8.15. The highest BCUT2D eigenvalue weighted by Crippen LogP contribution is 2.21. The third kappa shape index (κ3) is 10.8. The molecule has 1 fully saturated rings. The Labute approximate surface area is 199 Å². The number of guanidine groups is 1. The van der Waals surface area contributed by atoms with Gasteiger partial charge in [-0.1, -0.05) is 26.0 Å². The fourth-order valence-corrected chi connectivity index (χ4v) is 3.09. The lowest BCUT2D eigenvalue weighted by Crippen LogP contribution is -2.37. The summed E-state index contributed by atoms with van der Waals surface area (Å²) >= 11 is 0. The molecule has 1 aliphatic heterocycles. The Kier molecular flexibility index (Phi) is 14.1. The molecule has 1 unspecified atom stereocenters. The Morgan fingerprint density at radius 3 is 2.80 bits per heavy atom. The van der Waals surface area contributed by atoms with Crippen molar-refractivity contribution in [3.8, 4) is 5.75 Å². The molecule has 1 atom stereocenters. The minimum atomic E-state index is 0. The van der Waals surface area contributed by atoms with Crippen LogP contribution in [0.5, 0.6) is 5.75 Å². The normalized spacial score (nSPS) is 16.4. The molecule has 6 nitrogen and oxygen atoms in total. The van der Waals surface area contributed by atoms with Crippen LogP contribution in [0.25, 0.3) is 0 Å². The number of aliphatic imine (C=N–C) groups is 1. The topological polar surface area (TPSA) is 64.1 Å². The summed E-state index contributed by atoms with van der Waals surface area (Å²) in [7, 11) is 1.79. The minimum Gasteiger partial charge on any atom is -0.493 e. The molecule has 2 N–H and O–H groups in total. The molecule has 0 amide bonds. The molecular formula is C23H40IN3O3. The molecule has 1 aromatic rings. The van der Waals surface area contributed by atoms with Crippen LogP contribution >= 0.6 is 24.0 Å². The van der Waals surface area contributed by atoms with Gasteiger partial charge in [0.1, 0.15) is 5.75 Å². The van der Waals surface area contributed by atoms with E-state index in [0.717, 1.165) is 76.1 Å². The number of ether oxygens (including phenoxy) is 3. The standard InChI is InChI=1S/C23H39N3O3.HI/c1-18(2)8-13-29-22-14-19(3)6-7-21(22)15-26-23(24-4)25-10-5-11-27-16-20-9-12-28-17-20;/h6-7,14,18,20H,5,8-13,15-17H2,1-4H3,(H2,24,25,26);1H. The predicted molar refractivity (Wildman–Crippen MR) is 134 cm³/mol. The fourth-order valence-electron chi connectivity index (χ4n) is 3.09. The van der Waals surface area contributed by atoms with Gasteiger partial charge in [0.05, 0.1) is 19.8 Å². The lowest BCUT2D eigenvalue weighted by Gasteiger charge is -2.16. The molecule has 7 heteroatoms. The van der Waals surface area contributed by atoms with Crippen LogP contribution in [0.4, 0.5) is 0 Å². The van der Waals surface area contributed by atoms with Gasteiger partial charge in [0.2, 0.25) is 0 Å². The summed E-state index contributed by atoms with van der Waals surface area (Å²) in [4.78, 5) is 4.31. The number of aryl methyl sites for hydroxylation is 1. The zero-order valence-corrected chi connectivity index (χ0v) is 21.4. The second-order valence-corrected chi connectivity index (χ2v) is 8.15. The maximum absolute atomic E-state index is 6.04. The van der Waals surface area contributed by atoms with Gasteiger partial charge >= 0.3 is 0 Å². The van der Waals surface area contributed by atoms with Crippen LogP contribution in [-0.2, 0) is 16.0 Å². The van der Waals surface area contributed by atoms with Crippen molar-refractivity contribution in [3.05, 3.63) is 29.3 Å². The van der Waals surface area contributed by atoms with Crippen molar-refractivity contribution in [2.24, 2.45) is 16.8 Å². The van der Waals surface area contributed by atoms with E-state index in [-0.39, 0.29) is 24.0 Å². The summed E-state index contributed by atoms with van der Waals surface area (Å²) in [5, 5.41) is 6.73. The first kappa shape index (κ1) is 27.0. The maximum atomic E-state index is 6.04. The quantitative estimate of drug-likeness (QED) is 0.183. The van der Waals surface area contributed by atoms with Gasteiger partial charge in [0.15, 0.2) is 5.96 Å². The molecule has 30 heavy (non-hydrogen) atoms. The third-order valence-corrected chi connectivity index (χ3v) is 4.98. The van der Waals surface area contributed by atoms with E-state index >= 15 is 0 Å². The number of nitrogens with one attached hydrogen (secondary N) is 2. The van der Waals surface area contributed by atoms with E-state index in [4.69, 9.17) is 14.2 Å². The van der Waals surface area contributed by atoms with Crippen molar-refractivity contribution < 1.29 is 14.2 Å². The van der Waals surface area contributed by atoms with Crippen molar-refractivity contribution in [2.45, 2.75) is 46.6 Å². The van der Waals surface area contributed by atoms with E-state index in [9.17, 15) is 0 Å². The van der Waals surface area contributed by atoms with Crippen LogP contribution in [0.3, 0.4) is 0 Å². The van der Waals surface area contributed by atoms with Crippen LogP contribution in [-0.4, -0.2) is 52.6 Å². The van der Waals surface area contributed by atoms with Crippen molar-refractivity contribution in [1.29, 1.82) is 0 Å². The van der Waals surface area contributed by atoms with Crippen LogP contribution in [0.1, 0.15) is 44.2 Å². The maximum Gasteiger partial charge on any atom is 0.191 e. The lowest BCUT2D eigenvalue weighted by atomic mass is 10.1. The van der Waals surface area contributed by atoms with Gasteiger partial charge in [-0.3, -0.25) is 4.99 Å². The van der Waals surface area contributed by atoms with Gasteiger partial charge < -0.3 is 24.8 Å². The van der Waals surface area contributed by atoms with Gasteiger partial charge in [-0.15, -0.1) is 24.0 Å². The summed E-state index contributed by atoms with van der Waals surface area (Å²) in [5.74, 6) is 2.96. The van der Waals surface area contributed by atoms with E-state index in [1.54, 1.807) is 7.05 Å². The molecule has 0 aliphatic carbocycles. The van der Waals surface area contributed by atoms with Crippen molar-refractivity contribution in [3.63, 3.8) is 0 Å². The molecule has 0 bridgehead atoms. The molecule has 0 saturated carbocycles. The van der Waals surface area contributed by atoms with E-state index in [2.05, 4.69) is 54.6 Å². The van der Waals surface area contributed by atoms with Crippen LogP contribution in [0.2, 0.25) is 0 Å². The zero-order valence-electron chi connectivity index (χ0n) is 19.0. The number of benzene rings is 1. The van der Waals surface area contributed by atoms with Gasteiger partial charge in [0, 0.05) is 44.8 Å². The van der Waals surface area contributed by atoms with E-state index < -0.39 is 0 Å². The smallest absolute Gasteiger partial charge is 0.191 e. The Balaban J connectivity index is 0.00000450. The molecule has 1 aromatic carbocycles. The summed E-state index contributed by atoms with van der Waals surface area (Å²) in [6.07, 6.45) is 3.12. The fraction of sp³-hybridized carbons (Fsp3) is 0.696. The summed E-state index contributed by atoms with van der Waals surface area (Å²) < 4.78 is 17.1. The second kappa shape index (κ2) is 15.7. The zero-order chi connectivity index (χ0) is 20.9. The number of nitrogens with zero attached hydrogens (tertiary/aromatic N) is 1. The Hall–Kier alpha value is -1.06. The summed E-state index contributed by atoms with van der Waals surface area (Å²) in [6, 6.07) is 6.36. The molecule has 0 aromatic heterocycles. The molecule has 0 radical (unpaired) electrons. The van der Waals surface area contributed by atoms with E-state index in [1.165, 1.54) is 5.56 Å². The molecule has 172 valence electrons. The lowest BCUT2D eigenvalue weighted by molar-refractivity contribution is 0.0888. The number of halogens is 1. The highest BCUT2D eigenvalue weighted by atomic mass is 127. The van der Waals surface area contributed by atoms with Crippen LogP contribution in [0.15, 0.2) is 23.2 Å². The molecule has 1 aliphatic rings. The van der Waals surface area contributed by atoms with Gasteiger partial charge in [-0.05, 0) is 43.7 Å². The van der Waals surface area contributed by atoms with Crippen molar-refractivity contribution >= 4 is 29.9 Å². The first-order chi connectivity index (χ1) is 14.1. The Morgan fingerprint density at radius 2 is 2.10 bits per heavy atom. The molecule has 2 rings (SSSR count). The van der Waals surface area contributed by atoms with Crippen molar-refractivity contribution in [2.75, 3.05) is 46.6 Å². The molecular weight excluding hydrogens is 493 g/mol. The molecule has 0 spiro atoms. The van der Waals surface area contributed by atoms with Gasteiger partial charge in [-0.25, -0.2) is 0 Å². The highest BCUT2D eigenvalue weighted by Gasteiger charge is 2.15. The molecule has 1 saturated heterocycles. The number of rotatable bonds is 12. The third-order valence-electron chi connectivity index (χ3n) is 4.98. The highest BCUT2D eigenvalue weighted by molar-refractivity contribution is 14.0. The minimum absolute atomic E-state index is 0. The van der Waals surface area contributed by atoms with Gasteiger partial charge in [0.25, 0.3) is 0 Å². The Bertz CT molecular complexity index is 620. The number of hydrogen-bond acceptors (Lipinski definition) is 4. The monoisotopic (exact) mass is 533 g/mol. The van der Waals surface area contributed by atoms with Gasteiger partial charge in [-0.2, -0.15) is 0 Å². The van der Waals surface area contributed by atoms with Crippen molar-refractivity contribution in [1.82, 2.24) is 10.6 Å². The molecule has 1 heterocycles. The SMILES string of the molecule is CN=C(NCCCOCC1CCOC1)NCc1ccc(C)cc1OCCC(C)C.I. The van der Waals surface area contributed by atoms with Crippen LogP contribution in [0, 0.1) is 18.8 Å². The predicted octanol–water partition coefficient (Wildman–Crippen LogP) is 4.15. The number of hydrogen-bond donors (Lipinski definition) is 2. The van der Waals surface area contributed by atoms with E-state index in [1.807, 2.05) is 0 Å². The first-order valence-electron chi connectivity index (χ1n) is 10.9. The first-order valence-corrected chi connectivity index (χ1v) is 10.9. The summed E-state index contributed by atoms with van der Waals surface area (Å²) in [6.45, 7) is 12.1. The van der Waals surface area contributed by atoms with Crippen LogP contribution < -0.4 is 15.4 Å². The largest absolute Gasteiger partial charge is 0.493 e. The Morgan fingerprint density at radius 1 is 1.27 bits per heavy atom. The average Bonchev–Trinajstić information content (AvgIpc) is 3.21. The average molecular weight is 533 g/mol. The van der Waals surface area contributed by atoms with E-state index in [0.29, 0.717) is 18.4 Å². The summed E-state index contributed by atoms with van der Waals surface area (Å²) in [5.41, 5.74) is 2.35.